The van der Waals surface area contributed by atoms with E-state index in [0.29, 0.717) is 29.3 Å². The number of carbonyl (C=O) groups is 2. The van der Waals surface area contributed by atoms with Crippen molar-refractivity contribution in [3.8, 4) is 23.3 Å². The van der Waals surface area contributed by atoms with Gasteiger partial charge in [0.2, 0.25) is 0 Å². The maximum Gasteiger partial charge on any atom is 0.335 e. The highest BCUT2D eigenvalue weighted by atomic mass is 16.5. The largest absolute Gasteiger partial charge is 0.497 e. The van der Waals surface area contributed by atoms with Crippen molar-refractivity contribution in [2.45, 2.75) is 32.1 Å². The monoisotopic (exact) mass is 499 g/mol. The van der Waals surface area contributed by atoms with Gasteiger partial charge in [0.1, 0.15) is 17.2 Å². The average Bonchev–Trinajstić information content (AvgIpc) is 2.91. The summed E-state index contributed by atoms with van der Waals surface area (Å²) in [6.45, 7) is 0.499. The van der Waals surface area contributed by atoms with Gasteiger partial charge in [-0.1, -0.05) is 30.2 Å². The van der Waals surface area contributed by atoms with E-state index in [1.165, 1.54) is 12.1 Å². The van der Waals surface area contributed by atoms with Gasteiger partial charge in [-0.3, -0.25) is 4.79 Å². The SMILES string of the molecule is COc1ccc(/C=C/CCCCOc2ccc(C#Cc3ccc(C(=O)O)cc3)nc2CCC(=O)O)cc1. The molecule has 0 radical (unpaired) electrons. The number of aliphatic carboxylic acids is 1. The van der Waals surface area contributed by atoms with Gasteiger partial charge in [-0.25, -0.2) is 9.78 Å². The second kappa shape index (κ2) is 14.1. The van der Waals surface area contributed by atoms with E-state index < -0.39 is 11.9 Å². The Morgan fingerprint density at radius 1 is 0.946 bits per heavy atom. The van der Waals surface area contributed by atoms with Crippen molar-refractivity contribution in [1.29, 1.82) is 0 Å². The zero-order valence-electron chi connectivity index (χ0n) is 20.6. The van der Waals surface area contributed by atoms with E-state index >= 15 is 0 Å². The predicted molar refractivity (Wildman–Crippen MR) is 141 cm³/mol. The second-order valence-electron chi connectivity index (χ2n) is 8.19. The zero-order chi connectivity index (χ0) is 26.5. The Morgan fingerprint density at radius 2 is 1.70 bits per heavy atom. The Kier molecular flexibility index (Phi) is 10.3. The average molecular weight is 500 g/mol. The fraction of sp³-hybridized carbons (Fsp3) is 0.233. The van der Waals surface area contributed by atoms with Crippen LogP contribution in [0.15, 0.2) is 66.7 Å². The molecule has 2 N–H and O–H groups in total. The number of pyridine rings is 1. The Labute approximate surface area is 216 Å². The maximum absolute atomic E-state index is 11.1. The Balaban J connectivity index is 1.54. The highest BCUT2D eigenvalue weighted by Crippen LogP contribution is 2.20. The van der Waals surface area contributed by atoms with Crippen LogP contribution in [-0.2, 0) is 11.2 Å². The minimum absolute atomic E-state index is 0.0625. The third-order valence-electron chi connectivity index (χ3n) is 5.42. The lowest BCUT2D eigenvalue weighted by molar-refractivity contribution is -0.136. The lowest BCUT2D eigenvalue weighted by Crippen LogP contribution is -2.05. The summed E-state index contributed by atoms with van der Waals surface area (Å²) in [5, 5.41) is 18.1. The number of ether oxygens (including phenoxy) is 2. The number of unbranched alkanes of at least 4 members (excludes halogenated alkanes) is 2. The van der Waals surface area contributed by atoms with Gasteiger partial charge in [-0.2, -0.15) is 0 Å². The first-order valence-corrected chi connectivity index (χ1v) is 11.9. The topological polar surface area (TPSA) is 106 Å². The Bertz CT molecular complexity index is 1280. The standard InChI is InChI=1S/C30H29NO6/c1-36-26-16-10-22(11-17-26)6-4-2-3-5-21-37-28-19-15-25(31-27(28)18-20-29(32)33)14-9-23-7-12-24(13-8-23)30(34)35/h4,6-8,10-13,15-17,19H,2-3,5,18,20-21H2,1H3,(H,32,33)(H,34,35)/b6-4+. The molecule has 0 unspecified atom stereocenters. The summed E-state index contributed by atoms with van der Waals surface area (Å²) in [6, 6.07) is 17.6. The lowest BCUT2D eigenvalue weighted by Gasteiger charge is -2.10. The number of hydrogen-bond acceptors (Lipinski definition) is 5. The van der Waals surface area contributed by atoms with E-state index in [1.54, 1.807) is 31.4 Å². The van der Waals surface area contributed by atoms with E-state index in [1.807, 2.05) is 24.3 Å². The molecular formula is C30H29NO6. The highest BCUT2D eigenvalue weighted by molar-refractivity contribution is 5.87. The molecule has 0 amide bonds. The van der Waals surface area contributed by atoms with Crippen LogP contribution in [0.1, 0.15) is 58.6 Å². The number of rotatable bonds is 12. The van der Waals surface area contributed by atoms with Gasteiger partial charge >= 0.3 is 11.9 Å². The minimum Gasteiger partial charge on any atom is -0.497 e. The summed E-state index contributed by atoms with van der Waals surface area (Å²) in [5.41, 5.74) is 3.00. The number of hydrogen-bond donors (Lipinski definition) is 2. The summed E-state index contributed by atoms with van der Waals surface area (Å²) in [4.78, 5) is 26.6. The molecule has 0 spiro atoms. The normalized spacial score (nSPS) is 10.5. The molecule has 0 bridgehead atoms. The molecular weight excluding hydrogens is 470 g/mol. The van der Waals surface area contributed by atoms with Crippen LogP contribution in [0.4, 0.5) is 0 Å². The maximum atomic E-state index is 11.1. The van der Waals surface area contributed by atoms with Crippen LogP contribution in [-0.4, -0.2) is 40.9 Å². The summed E-state index contributed by atoms with van der Waals surface area (Å²) in [5.74, 6) is 5.39. The number of methoxy groups -OCH3 is 1. The summed E-state index contributed by atoms with van der Waals surface area (Å²) < 4.78 is 11.1. The van der Waals surface area contributed by atoms with Crippen LogP contribution in [0.25, 0.3) is 6.08 Å². The van der Waals surface area contributed by atoms with Crippen LogP contribution < -0.4 is 9.47 Å². The molecule has 0 atom stereocenters. The molecule has 0 saturated heterocycles. The number of aromatic nitrogens is 1. The smallest absolute Gasteiger partial charge is 0.335 e. The molecule has 3 rings (SSSR count). The van der Waals surface area contributed by atoms with Crippen LogP contribution in [0, 0.1) is 11.8 Å². The molecule has 37 heavy (non-hydrogen) atoms. The van der Waals surface area contributed by atoms with Crippen LogP contribution >= 0.6 is 0 Å². The number of aryl methyl sites for hydroxylation is 1. The molecule has 0 aliphatic rings. The molecule has 1 aromatic heterocycles. The quantitative estimate of drug-likeness (QED) is 0.251. The van der Waals surface area contributed by atoms with Gasteiger partial charge in [0.15, 0.2) is 0 Å². The Morgan fingerprint density at radius 3 is 2.38 bits per heavy atom. The summed E-state index contributed by atoms with van der Waals surface area (Å²) in [7, 11) is 1.65. The molecule has 190 valence electrons. The van der Waals surface area contributed by atoms with Crippen molar-refractivity contribution in [3.63, 3.8) is 0 Å². The first-order chi connectivity index (χ1) is 17.9. The van der Waals surface area contributed by atoms with Gasteiger partial charge in [0, 0.05) is 12.0 Å². The number of nitrogens with zero attached hydrogens (tertiary/aromatic N) is 1. The zero-order valence-corrected chi connectivity index (χ0v) is 20.6. The minimum atomic E-state index is -0.995. The number of carboxylic acids is 2. The van der Waals surface area contributed by atoms with Crippen molar-refractivity contribution in [2.75, 3.05) is 13.7 Å². The van der Waals surface area contributed by atoms with Gasteiger partial charge in [-0.05, 0) is 79.3 Å². The van der Waals surface area contributed by atoms with E-state index in [9.17, 15) is 9.59 Å². The van der Waals surface area contributed by atoms with Crippen LogP contribution in [0.2, 0.25) is 0 Å². The summed E-state index contributed by atoms with van der Waals surface area (Å²) in [6.07, 6.45) is 7.10. The first-order valence-electron chi connectivity index (χ1n) is 11.9. The van der Waals surface area contributed by atoms with E-state index in [4.69, 9.17) is 19.7 Å². The van der Waals surface area contributed by atoms with E-state index in [-0.39, 0.29) is 18.4 Å². The van der Waals surface area contributed by atoms with E-state index in [0.717, 1.165) is 30.6 Å². The third-order valence-corrected chi connectivity index (χ3v) is 5.42. The van der Waals surface area contributed by atoms with Gasteiger partial charge in [-0.15, -0.1) is 0 Å². The molecule has 3 aromatic rings. The summed E-state index contributed by atoms with van der Waals surface area (Å²) >= 11 is 0. The lowest BCUT2D eigenvalue weighted by atomic mass is 10.1. The number of benzene rings is 2. The first kappa shape index (κ1) is 27.0. The predicted octanol–water partition coefficient (Wildman–Crippen LogP) is 5.47. The Hall–Kier alpha value is -4.57. The van der Waals surface area contributed by atoms with Gasteiger partial charge < -0.3 is 19.7 Å². The molecule has 0 saturated carbocycles. The molecule has 0 aliphatic heterocycles. The molecule has 0 fully saturated rings. The van der Waals surface area contributed by atoms with Crippen molar-refractivity contribution in [2.24, 2.45) is 0 Å². The van der Waals surface area contributed by atoms with Crippen LogP contribution in [0.3, 0.4) is 0 Å². The molecule has 2 aromatic carbocycles. The molecule has 7 heteroatoms. The third kappa shape index (κ3) is 9.19. The van der Waals surface area contributed by atoms with Gasteiger partial charge in [0.05, 0.1) is 31.4 Å². The van der Waals surface area contributed by atoms with Crippen molar-refractivity contribution in [1.82, 2.24) is 4.98 Å². The fourth-order valence-electron chi connectivity index (χ4n) is 3.41. The molecule has 7 nitrogen and oxygen atoms in total. The number of carboxylic acid groups (broad SMARTS) is 2. The number of allylic oxidation sites excluding steroid dienone is 1. The van der Waals surface area contributed by atoms with Crippen molar-refractivity contribution in [3.05, 3.63) is 94.8 Å². The second-order valence-corrected chi connectivity index (χ2v) is 8.19. The van der Waals surface area contributed by atoms with Crippen molar-refractivity contribution < 1.29 is 29.3 Å². The van der Waals surface area contributed by atoms with E-state index in [2.05, 4.69) is 29.0 Å². The molecule has 1 heterocycles. The molecule has 0 aliphatic carbocycles. The van der Waals surface area contributed by atoms with Crippen molar-refractivity contribution >= 4 is 18.0 Å². The van der Waals surface area contributed by atoms with Crippen LogP contribution in [0.5, 0.6) is 11.5 Å². The van der Waals surface area contributed by atoms with Gasteiger partial charge in [0.25, 0.3) is 0 Å². The number of aromatic carboxylic acids is 1. The highest BCUT2D eigenvalue weighted by Gasteiger charge is 2.09. The fourth-order valence-corrected chi connectivity index (χ4v) is 3.41.